The molecule has 0 saturated carbocycles. The fraction of sp³-hybridized carbons (Fsp3) is 0. The second-order valence-corrected chi connectivity index (χ2v) is 5.36. The van der Waals surface area contributed by atoms with Crippen LogP contribution in [0.5, 0.6) is 0 Å². The summed E-state index contributed by atoms with van der Waals surface area (Å²) in [6.07, 6.45) is 0. The number of benzene rings is 2. The van der Waals surface area contributed by atoms with Gasteiger partial charge in [0, 0.05) is 4.47 Å². The van der Waals surface area contributed by atoms with E-state index in [0.717, 1.165) is 15.5 Å². The minimum atomic E-state index is -0.389. The molecule has 3 nitrogen and oxygen atoms in total. The number of aromatic nitrogens is 2. The van der Waals surface area contributed by atoms with E-state index in [1.54, 1.807) is 10.6 Å². The molecule has 6 heteroatoms. The maximum absolute atomic E-state index is 13.1. The van der Waals surface area contributed by atoms with Crippen LogP contribution in [0.25, 0.3) is 16.7 Å². The summed E-state index contributed by atoms with van der Waals surface area (Å²) in [6.45, 7) is 0. The smallest absolute Gasteiger partial charge is 0.205 e. The Bertz CT molecular complexity index is 785. The Labute approximate surface area is 121 Å². The fourth-order valence-electron chi connectivity index (χ4n) is 1.99. The molecule has 96 valence electrons. The molecule has 3 rings (SSSR count). The summed E-state index contributed by atoms with van der Waals surface area (Å²) in [6, 6.07) is 9.79. The first-order valence-electron chi connectivity index (χ1n) is 5.45. The van der Waals surface area contributed by atoms with Crippen LogP contribution in [0.1, 0.15) is 0 Å². The van der Waals surface area contributed by atoms with Crippen molar-refractivity contribution in [2.24, 2.45) is 0 Å². The number of fused-ring (bicyclic) bond motifs is 1. The summed E-state index contributed by atoms with van der Waals surface area (Å²) in [5.41, 5.74) is 8.09. The summed E-state index contributed by atoms with van der Waals surface area (Å²) in [5, 5.41) is 0.286. The Morgan fingerprint density at radius 3 is 2.74 bits per heavy atom. The van der Waals surface area contributed by atoms with Gasteiger partial charge in [-0.1, -0.05) is 27.5 Å². The number of rotatable bonds is 1. The molecule has 0 unspecified atom stereocenters. The molecule has 19 heavy (non-hydrogen) atoms. The van der Waals surface area contributed by atoms with Gasteiger partial charge in [-0.05, 0) is 36.4 Å². The van der Waals surface area contributed by atoms with E-state index in [-0.39, 0.29) is 10.8 Å². The minimum absolute atomic E-state index is 0.286. The van der Waals surface area contributed by atoms with Gasteiger partial charge in [0.1, 0.15) is 5.82 Å². The molecule has 0 atom stereocenters. The van der Waals surface area contributed by atoms with Crippen molar-refractivity contribution in [1.82, 2.24) is 9.55 Å². The van der Waals surface area contributed by atoms with Gasteiger partial charge in [0.15, 0.2) is 0 Å². The summed E-state index contributed by atoms with van der Waals surface area (Å²) in [7, 11) is 0. The van der Waals surface area contributed by atoms with Crippen molar-refractivity contribution in [2.75, 3.05) is 5.73 Å². The second kappa shape index (κ2) is 4.51. The molecular formula is C13H8BrClFN3. The third-order valence-electron chi connectivity index (χ3n) is 2.79. The normalized spacial score (nSPS) is 11.1. The van der Waals surface area contributed by atoms with Crippen molar-refractivity contribution in [2.45, 2.75) is 0 Å². The Morgan fingerprint density at radius 1 is 1.21 bits per heavy atom. The third kappa shape index (κ3) is 2.09. The molecule has 0 amide bonds. The Hall–Kier alpha value is -1.59. The van der Waals surface area contributed by atoms with Crippen LogP contribution in [-0.2, 0) is 0 Å². The van der Waals surface area contributed by atoms with E-state index in [4.69, 9.17) is 17.3 Å². The number of anilines is 1. The van der Waals surface area contributed by atoms with E-state index >= 15 is 0 Å². The minimum Gasteiger partial charge on any atom is -0.369 e. The molecule has 0 aliphatic carbocycles. The van der Waals surface area contributed by atoms with Crippen LogP contribution < -0.4 is 5.73 Å². The van der Waals surface area contributed by atoms with Crippen LogP contribution >= 0.6 is 27.5 Å². The molecule has 0 bridgehead atoms. The maximum atomic E-state index is 13.1. The molecule has 0 spiro atoms. The lowest BCUT2D eigenvalue weighted by molar-refractivity contribution is 0.627. The lowest BCUT2D eigenvalue weighted by Crippen LogP contribution is -2.01. The molecule has 3 aromatic rings. The molecule has 0 aliphatic rings. The third-order valence-corrected chi connectivity index (χ3v) is 3.59. The lowest BCUT2D eigenvalue weighted by Gasteiger charge is -2.08. The average molecular weight is 341 g/mol. The van der Waals surface area contributed by atoms with E-state index in [2.05, 4.69) is 20.9 Å². The van der Waals surface area contributed by atoms with Gasteiger partial charge >= 0.3 is 0 Å². The maximum Gasteiger partial charge on any atom is 0.205 e. The van der Waals surface area contributed by atoms with Gasteiger partial charge in [0.25, 0.3) is 0 Å². The van der Waals surface area contributed by atoms with Crippen molar-refractivity contribution in [1.29, 1.82) is 0 Å². The SMILES string of the molecule is Nc1nc2cc(Br)ccc2n1-c1ccc(F)cc1Cl. The molecule has 2 aromatic carbocycles. The second-order valence-electron chi connectivity index (χ2n) is 4.03. The predicted molar refractivity (Wildman–Crippen MR) is 78.2 cm³/mol. The topological polar surface area (TPSA) is 43.8 Å². The van der Waals surface area contributed by atoms with Gasteiger partial charge in [0.2, 0.25) is 5.95 Å². The van der Waals surface area contributed by atoms with Crippen molar-refractivity contribution >= 4 is 44.5 Å². The van der Waals surface area contributed by atoms with Crippen molar-refractivity contribution in [3.05, 3.63) is 51.7 Å². The summed E-state index contributed by atoms with van der Waals surface area (Å²) in [5.74, 6) is -0.0823. The number of nitrogens with zero attached hydrogens (tertiary/aromatic N) is 2. The zero-order valence-corrected chi connectivity index (χ0v) is 11.9. The summed E-state index contributed by atoms with van der Waals surface area (Å²) < 4.78 is 15.7. The number of imidazole rings is 1. The lowest BCUT2D eigenvalue weighted by atomic mass is 10.2. The van der Waals surface area contributed by atoms with Gasteiger partial charge < -0.3 is 5.73 Å². The molecule has 1 aromatic heterocycles. The van der Waals surface area contributed by atoms with Crippen LogP contribution in [0.15, 0.2) is 40.9 Å². The highest BCUT2D eigenvalue weighted by atomic mass is 79.9. The Kier molecular flexibility index (Phi) is 2.95. The zero-order chi connectivity index (χ0) is 13.6. The van der Waals surface area contributed by atoms with E-state index in [1.807, 2.05) is 18.2 Å². The molecule has 1 heterocycles. The predicted octanol–water partition coefficient (Wildman–Crippen LogP) is 4.16. The van der Waals surface area contributed by atoms with E-state index in [0.29, 0.717) is 11.6 Å². The first-order chi connectivity index (χ1) is 9.06. The fourth-order valence-corrected chi connectivity index (χ4v) is 2.59. The van der Waals surface area contributed by atoms with Crippen LogP contribution in [0.4, 0.5) is 10.3 Å². The largest absolute Gasteiger partial charge is 0.369 e. The first-order valence-corrected chi connectivity index (χ1v) is 6.62. The van der Waals surface area contributed by atoms with Gasteiger partial charge in [-0.15, -0.1) is 0 Å². The number of nitrogen functional groups attached to an aromatic ring is 1. The molecule has 0 aliphatic heterocycles. The molecule has 0 fully saturated rings. The monoisotopic (exact) mass is 339 g/mol. The highest BCUT2D eigenvalue weighted by Gasteiger charge is 2.13. The highest BCUT2D eigenvalue weighted by Crippen LogP contribution is 2.29. The number of halogens is 3. The van der Waals surface area contributed by atoms with Crippen LogP contribution in [-0.4, -0.2) is 9.55 Å². The summed E-state index contributed by atoms with van der Waals surface area (Å²) in [4.78, 5) is 4.27. The summed E-state index contributed by atoms with van der Waals surface area (Å²) >= 11 is 9.45. The van der Waals surface area contributed by atoms with E-state index in [1.165, 1.54) is 12.1 Å². The molecule has 2 N–H and O–H groups in total. The van der Waals surface area contributed by atoms with Crippen LogP contribution in [0.3, 0.4) is 0 Å². The van der Waals surface area contributed by atoms with Gasteiger partial charge in [-0.3, -0.25) is 4.57 Å². The standard InChI is InChI=1S/C13H8BrClFN3/c14-7-1-3-12-10(5-7)18-13(17)19(12)11-4-2-8(16)6-9(11)15/h1-6H,(H2,17,18). The Morgan fingerprint density at radius 2 is 2.00 bits per heavy atom. The van der Waals surface area contributed by atoms with E-state index < -0.39 is 0 Å². The van der Waals surface area contributed by atoms with Gasteiger partial charge in [0.05, 0.1) is 21.7 Å². The van der Waals surface area contributed by atoms with E-state index in [9.17, 15) is 4.39 Å². The average Bonchev–Trinajstić information content (AvgIpc) is 2.65. The van der Waals surface area contributed by atoms with Crippen molar-refractivity contribution < 1.29 is 4.39 Å². The highest BCUT2D eigenvalue weighted by molar-refractivity contribution is 9.10. The quantitative estimate of drug-likeness (QED) is 0.723. The van der Waals surface area contributed by atoms with Gasteiger partial charge in [-0.2, -0.15) is 0 Å². The first kappa shape index (κ1) is 12.4. The zero-order valence-electron chi connectivity index (χ0n) is 9.57. The molecule has 0 saturated heterocycles. The van der Waals surface area contributed by atoms with Crippen molar-refractivity contribution in [3.8, 4) is 5.69 Å². The molecule has 0 radical (unpaired) electrons. The number of nitrogens with two attached hydrogens (primary N) is 1. The number of hydrogen-bond donors (Lipinski definition) is 1. The van der Waals surface area contributed by atoms with Crippen molar-refractivity contribution in [3.63, 3.8) is 0 Å². The Balaban J connectivity index is 2.33. The van der Waals surface area contributed by atoms with Crippen LogP contribution in [0, 0.1) is 5.82 Å². The molecular weight excluding hydrogens is 333 g/mol. The van der Waals surface area contributed by atoms with Gasteiger partial charge in [-0.25, -0.2) is 9.37 Å². The number of hydrogen-bond acceptors (Lipinski definition) is 2. The van der Waals surface area contributed by atoms with Crippen LogP contribution in [0.2, 0.25) is 5.02 Å².